The fourth-order valence-corrected chi connectivity index (χ4v) is 2.70. The SMILES string of the molecule is C=C(C)C(=O)OCCOCC[N+](CC)(CC)CCCS(=O)(=O)[O-]. The minimum absolute atomic E-state index is 0.179. The van der Waals surface area contributed by atoms with Crippen molar-refractivity contribution in [2.24, 2.45) is 0 Å². The first-order chi connectivity index (χ1) is 10.7. The van der Waals surface area contributed by atoms with E-state index in [2.05, 4.69) is 6.58 Å². The van der Waals surface area contributed by atoms with Crippen LogP contribution >= 0.6 is 0 Å². The number of likely N-dealkylation sites (N-methyl/N-ethyl adjacent to an activating group) is 1. The number of quaternary nitrogens is 1. The third kappa shape index (κ3) is 10.4. The Hall–Kier alpha value is -0.960. The van der Waals surface area contributed by atoms with Gasteiger partial charge in [-0.2, -0.15) is 0 Å². The Kier molecular flexibility index (Phi) is 10.3. The summed E-state index contributed by atoms with van der Waals surface area (Å²) in [6.07, 6.45) is 0.351. The van der Waals surface area contributed by atoms with Crippen molar-refractivity contribution < 1.29 is 31.7 Å². The first kappa shape index (κ1) is 22.0. The average molecular weight is 351 g/mol. The van der Waals surface area contributed by atoms with E-state index >= 15 is 0 Å². The number of hydrogen-bond donors (Lipinski definition) is 0. The summed E-state index contributed by atoms with van der Waals surface area (Å²) in [6, 6.07) is 0. The molecule has 23 heavy (non-hydrogen) atoms. The van der Waals surface area contributed by atoms with Crippen molar-refractivity contribution in [2.75, 3.05) is 51.8 Å². The zero-order chi connectivity index (χ0) is 17.9. The normalized spacial score (nSPS) is 12.2. The first-order valence-corrected chi connectivity index (χ1v) is 9.42. The van der Waals surface area contributed by atoms with Gasteiger partial charge in [0.15, 0.2) is 0 Å². The van der Waals surface area contributed by atoms with Crippen LogP contribution in [0.15, 0.2) is 12.2 Å². The van der Waals surface area contributed by atoms with Crippen molar-refractivity contribution >= 4 is 16.1 Å². The monoisotopic (exact) mass is 351 g/mol. The van der Waals surface area contributed by atoms with Gasteiger partial charge in [0.1, 0.15) is 13.2 Å². The van der Waals surface area contributed by atoms with Crippen molar-refractivity contribution in [1.82, 2.24) is 0 Å². The Labute approximate surface area is 139 Å². The van der Waals surface area contributed by atoms with Crippen LogP contribution in [0, 0.1) is 0 Å². The highest BCUT2D eigenvalue weighted by atomic mass is 32.2. The molecule has 8 heteroatoms. The van der Waals surface area contributed by atoms with Gasteiger partial charge in [-0.05, 0) is 20.8 Å². The van der Waals surface area contributed by atoms with E-state index in [-0.39, 0.29) is 12.4 Å². The van der Waals surface area contributed by atoms with Crippen LogP contribution in [-0.2, 0) is 24.4 Å². The van der Waals surface area contributed by atoms with Crippen LogP contribution in [-0.4, -0.2) is 75.2 Å². The lowest BCUT2D eigenvalue weighted by Gasteiger charge is -2.37. The second-order valence-electron chi connectivity index (χ2n) is 5.57. The van der Waals surface area contributed by atoms with E-state index in [0.29, 0.717) is 36.2 Å². The Balaban J connectivity index is 4.08. The number of carbonyl (C=O) groups is 1. The van der Waals surface area contributed by atoms with Crippen LogP contribution in [0.4, 0.5) is 0 Å². The maximum atomic E-state index is 11.2. The Morgan fingerprint density at radius 2 is 1.74 bits per heavy atom. The average Bonchev–Trinajstić information content (AvgIpc) is 2.47. The van der Waals surface area contributed by atoms with E-state index in [9.17, 15) is 17.8 Å². The van der Waals surface area contributed by atoms with Gasteiger partial charge < -0.3 is 18.5 Å². The van der Waals surface area contributed by atoms with E-state index in [4.69, 9.17) is 9.47 Å². The number of rotatable bonds is 13. The summed E-state index contributed by atoms with van der Waals surface area (Å²) in [5, 5.41) is 0. The fraction of sp³-hybridized carbons (Fsp3) is 0.800. The van der Waals surface area contributed by atoms with Gasteiger partial charge in [-0.15, -0.1) is 0 Å². The molecular formula is C15H29NO6S. The number of carbonyl (C=O) groups excluding carboxylic acids is 1. The van der Waals surface area contributed by atoms with Crippen LogP contribution < -0.4 is 0 Å². The molecule has 0 radical (unpaired) electrons. The highest BCUT2D eigenvalue weighted by Crippen LogP contribution is 2.08. The summed E-state index contributed by atoms with van der Waals surface area (Å²) in [5.74, 6) is -0.760. The molecule has 0 aromatic heterocycles. The predicted octanol–water partition coefficient (Wildman–Crippen LogP) is 0.914. The van der Waals surface area contributed by atoms with E-state index in [1.807, 2.05) is 13.8 Å². The van der Waals surface area contributed by atoms with Gasteiger partial charge in [-0.3, -0.25) is 0 Å². The minimum atomic E-state index is -4.16. The molecule has 0 aliphatic carbocycles. The molecule has 0 N–H and O–H groups in total. The molecule has 7 nitrogen and oxygen atoms in total. The molecule has 0 amide bonds. The molecule has 0 bridgehead atoms. The van der Waals surface area contributed by atoms with Gasteiger partial charge in [-0.25, -0.2) is 13.2 Å². The molecule has 136 valence electrons. The second kappa shape index (κ2) is 10.7. The Morgan fingerprint density at radius 1 is 1.13 bits per heavy atom. The molecule has 0 saturated heterocycles. The third-order valence-corrected chi connectivity index (χ3v) is 4.68. The Bertz CT molecular complexity index is 470. The highest BCUT2D eigenvalue weighted by molar-refractivity contribution is 7.85. The minimum Gasteiger partial charge on any atom is -0.748 e. The molecule has 0 spiro atoms. The van der Waals surface area contributed by atoms with Crippen LogP contribution in [0.3, 0.4) is 0 Å². The zero-order valence-electron chi connectivity index (χ0n) is 14.4. The number of ether oxygens (including phenoxy) is 2. The molecule has 0 aromatic carbocycles. The number of esters is 1. The van der Waals surface area contributed by atoms with Crippen molar-refractivity contribution in [3.63, 3.8) is 0 Å². The third-order valence-electron chi connectivity index (χ3n) is 3.89. The number of nitrogens with zero attached hydrogens (tertiary/aromatic N) is 1. The lowest BCUT2D eigenvalue weighted by molar-refractivity contribution is -0.925. The maximum Gasteiger partial charge on any atom is 0.333 e. The van der Waals surface area contributed by atoms with Gasteiger partial charge >= 0.3 is 5.97 Å². The van der Waals surface area contributed by atoms with Gasteiger partial charge in [0.2, 0.25) is 0 Å². The molecule has 0 unspecified atom stereocenters. The summed E-state index contributed by atoms with van der Waals surface area (Å²) in [6.45, 7) is 13.1. The van der Waals surface area contributed by atoms with E-state index < -0.39 is 16.1 Å². The molecule has 0 aliphatic heterocycles. The lowest BCUT2D eigenvalue weighted by atomic mass is 10.3. The molecular weight excluding hydrogens is 322 g/mol. The molecule has 0 rings (SSSR count). The van der Waals surface area contributed by atoms with E-state index in [1.54, 1.807) is 6.92 Å². The van der Waals surface area contributed by atoms with Crippen LogP contribution in [0.1, 0.15) is 27.2 Å². The highest BCUT2D eigenvalue weighted by Gasteiger charge is 2.22. The van der Waals surface area contributed by atoms with E-state index in [1.165, 1.54) is 0 Å². The van der Waals surface area contributed by atoms with Crippen LogP contribution in [0.2, 0.25) is 0 Å². The Morgan fingerprint density at radius 3 is 2.22 bits per heavy atom. The second-order valence-corrected chi connectivity index (χ2v) is 7.09. The number of hydrogen-bond acceptors (Lipinski definition) is 6. The summed E-state index contributed by atoms with van der Waals surface area (Å²) in [7, 11) is -4.16. The molecule has 0 heterocycles. The van der Waals surface area contributed by atoms with Crippen LogP contribution in [0.25, 0.3) is 0 Å². The van der Waals surface area contributed by atoms with E-state index in [0.717, 1.165) is 19.6 Å². The van der Waals surface area contributed by atoms with Crippen molar-refractivity contribution in [3.05, 3.63) is 12.2 Å². The maximum absolute atomic E-state index is 11.2. The van der Waals surface area contributed by atoms with Gasteiger partial charge in [-0.1, -0.05) is 6.58 Å². The zero-order valence-corrected chi connectivity index (χ0v) is 15.2. The standard InChI is InChI=1S/C15H29NO6S/c1-5-16(6-2,8-7-13-23(18,19)20)9-10-21-11-12-22-15(17)14(3)4/h3,5-13H2,1-2,4H3. The molecule has 0 atom stereocenters. The summed E-state index contributed by atoms with van der Waals surface area (Å²) in [4.78, 5) is 11.2. The molecule has 0 aliphatic rings. The van der Waals surface area contributed by atoms with Gasteiger partial charge in [0, 0.05) is 17.7 Å². The molecule has 0 aromatic rings. The first-order valence-electron chi connectivity index (χ1n) is 7.85. The molecule has 0 saturated carbocycles. The predicted molar refractivity (Wildman–Crippen MR) is 86.8 cm³/mol. The molecule has 0 fully saturated rings. The van der Waals surface area contributed by atoms with Crippen molar-refractivity contribution in [2.45, 2.75) is 27.2 Å². The van der Waals surface area contributed by atoms with Crippen LogP contribution in [0.5, 0.6) is 0 Å². The fourth-order valence-electron chi connectivity index (χ4n) is 2.22. The topological polar surface area (TPSA) is 92.7 Å². The smallest absolute Gasteiger partial charge is 0.333 e. The van der Waals surface area contributed by atoms with Crippen molar-refractivity contribution in [1.29, 1.82) is 0 Å². The lowest BCUT2D eigenvalue weighted by Crippen LogP contribution is -2.50. The van der Waals surface area contributed by atoms with Gasteiger partial charge in [0.25, 0.3) is 0 Å². The van der Waals surface area contributed by atoms with Crippen molar-refractivity contribution in [3.8, 4) is 0 Å². The summed E-state index contributed by atoms with van der Waals surface area (Å²) >= 11 is 0. The quantitative estimate of drug-likeness (QED) is 0.161. The van der Waals surface area contributed by atoms with Gasteiger partial charge in [0.05, 0.1) is 43.0 Å². The summed E-state index contributed by atoms with van der Waals surface area (Å²) in [5.41, 5.74) is 0.353. The summed E-state index contributed by atoms with van der Waals surface area (Å²) < 4.78 is 43.2. The largest absolute Gasteiger partial charge is 0.748 e.